The number of rotatable bonds is 5. The van der Waals surface area contributed by atoms with E-state index in [1.165, 1.54) is 12.1 Å². The average molecular weight is 384 g/mol. The first-order valence-electron chi connectivity index (χ1n) is 6.90. The molecule has 2 aromatic carbocycles. The lowest BCUT2D eigenvalue weighted by Gasteiger charge is -2.16. The van der Waals surface area contributed by atoms with Gasteiger partial charge in [-0.05, 0) is 18.2 Å². The third-order valence-corrected chi connectivity index (χ3v) is 4.61. The second-order valence-corrected chi connectivity index (χ2v) is 6.85. The molecule has 0 saturated heterocycles. The van der Waals surface area contributed by atoms with Crippen molar-refractivity contribution < 1.29 is 27.5 Å². The number of sulfonamides is 1. The number of esters is 2. The molecular formula is C16H14ClNO6S. The van der Waals surface area contributed by atoms with Crippen molar-refractivity contribution in [2.75, 3.05) is 7.11 Å². The Balaban J connectivity index is 2.35. The number of primary sulfonamides is 1. The van der Waals surface area contributed by atoms with Gasteiger partial charge in [-0.1, -0.05) is 41.9 Å². The fraction of sp³-hybridized carbons (Fsp3) is 0.125. The van der Waals surface area contributed by atoms with Crippen molar-refractivity contribution in [1.29, 1.82) is 0 Å². The van der Waals surface area contributed by atoms with Crippen LogP contribution in [-0.4, -0.2) is 27.5 Å². The van der Waals surface area contributed by atoms with Gasteiger partial charge in [0.1, 0.15) is 4.90 Å². The fourth-order valence-electron chi connectivity index (χ4n) is 2.01. The summed E-state index contributed by atoms with van der Waals surface area (Å²) in [6.45, 7) is 0. The van der Waals surface area contributed by atoms with Crippen LogP contribution in [0.1, 0.15) is 22.0 Å². The highest BCUT2D eigenvalue weighted by Gasteiger charge is 2.27. The van der Waals surface area contributed by atoms with Crippen molar-refractivity contribution in [3.05, 3.63) is 64.7 Å². The maximum absolute atomic E-state index is 12.3. The number of hydrogen-bond acceptors (Lipinski definition) is 6. The quantitative estimate of drug-likeness (QED) is 0.790. The molecule has 132 valence electrons. The number of benzene rings is 2. The molecule has 25 heavy (non-hydrogen) atoms. The number of nitrogens with two attached hydrogens (primary N) is 1. The van der Waals surface area contributed by atoms with Gasteiger partial charge >= 0.3 is 11.9 Å². The molecule has 0 heterocycles. The molecule has 9 heteroatoms. The van der Waals surface area contributed by atoms with Crippen molar-refractivity contribution in [2.45, 2.75) is 11.0 Å². The zero-order valence-corrected chi connectivity index (χ0v) is 14.6. The van der Waals surface area contributed by atoms with Crippen molar-refractivity contribution in [3.63, 3.8) is 0 Å². The van der Waals surface area contributed by atoms with Crippen LogP contribution in [0.2, 0.25) is 5.02 Å². The summed E-state index contributed by atoms with van der Waals surface area (Å²) in [6.07, 6.45) is -1.30. The van der Waals surface area contributed by atoms with Crippen molar-refractivity contribution in [1.82, 2.24) is 0 Å². The van der Waals surface area contributed by atoms with E-state index in [0.29, 0.717) is 5.56 Å². The van der Waals surface area contributed by atoms with Crippen LogP contribution in [0.3, 0.4) is 0 Å². The van der Waals surface area contributed by atoms with Gasteiger partial charge in [-0.15, -0.1) is 0 Å². The van der Waals surface area contributed by atoms with Gasteiger partial charge in [0.25, 0.3) is 0 Å². The summed E-state index contributed by atoms with van der Waals surface area (Å²) in [5.41, 5.74) is 0.279. The molecule has 0 aliphatic heterocycles. The van der Waals surface area contributed by atoms with Gasteiger partial charge in [0.2, 0.25) is 16.1 Å². The highest BCUT2D eigenvalue weighted by molar-refractivity contribution is 7.89. The lowest BCUT2D eigenvalue weighted by atomic mass is 10.1. The predicted molar refractivity (Wildman–Crippen MR) is 89.4 cm³/mol. The lowest BCUT2D eigenvalue weighted by Crippen LogP contribution is -2.21. The predicted octanol–water partition coefficient (Wildman–Crippen LogP) is 2.06. The minimum atomic E-state index is -4.12. The minimum Gasteiger partial charge on any atom is -0.466 e. The van der Waals surface area contributed by atoms with Gasteiger partial charge < -0.3 is 9.47 Å². The number of methoxy groups -OCH3 is 1. The number of halogens is 1. The van der Waals surface area contributed by atoms with E-state index < -0.39 is 33.0 Å². The van der Waals surface area contributed by atoms with Gasteiger partial charge in [-0.2, -0.15) is 0 Å². The normalized spacial score (nSPS) is 12.3. The lowest BCUT2D eigenvalue weighted by molar-refractivity contribution is -0.151. The summed E-state index contributed by atoms with van der Waals surface area (Å²) >= 11 is 5.77. The van der Waals surface area contributed by atoms with Crippen LogP contribution in [0.25, 0.3) is 0 Å². The molecule has 0 aliphatic rings. The standard InChI is InChI=1S/C16H14ClNO6S/c1-23-16(20)14(10-5-3-2-4-6-10)24-15(19)11-7-8-12(17)13(9-11)25(18,21)22/h2-9,14H,1H3,(H2,18,21,22). The highest BCUT2D eigenvalue weighted by Crippen LogP contribution is 2.24. The van der Waals surface area contributed by atoms with Gasteiger partial charge in [0.15, 0.2) is 0 Å². The molecular weight excluding hydrogens is 370 g/mol. The molecule has 0 aliphatic carbocycles. The SMILES string of the molecule is COC(=O)C(OC(=O)c1ccc(Cl)c(S(N)(=O)=O)c1)c1ccccc1. The smallest absolute Gasteiger partial charge is 0.351 e. The van der Waals surface area contributed by atoms with Crippen LogP contribution in [0.5, 0.6) is 0 Å². The zero-order valence-electron chi connectivity index (χ0n) is 13.0. The van der Waals surface area contributed by atoms with Gasteiger partial charge in [-0.3, -0.25) is 0 Å². The monoisotopic (exact) mass is 383 g/mol. The molecule has 0 spiro atoms. The first kappa shape index (κ1) is 18.9. The van der Waals surface area contributed by atoms with E-state index in [1.807, 2.05) is 0 Å². The highest BCUT2D eigenvalue weighted by atomic mass is 35.5. The molecule has 1 unspecified atom stereocenters. The number of carbonyl (C=O) groups excluding carboxylic acids is 2. The van der Waals surface area contributed by atoms with Crippen molar-refractivity contribution in [2.24, 2.45) is 5.14 Å². The second-order valence-electron chi connectivity index (χ2n) is 4.91. The summed E-state index contributed by atoms with van der Waals surface area (Å²) < 4.78 is 32.8. The Bertz CT molecular complexity index is 898. The first-order chi connectivity index (χ1) is 11.7. The minimum absolute atomic E-state index is 0.127. The van der Waals surface area contributed by atoms with E-state index in [0.717, 1.165) is 13.2 Å². The summed E-state index contributed by atoms with van der Waals surface area (Å²) in [7, 11) is -2.96. The topological polar surface area (TPSA) is 113 Å². The molecule has 0 fully saturated rings. The number of carbonyl (C=O) groups is 2. The van der Waals surface area contributed by atoms with Crippen LogP contribution in [0.15, 0.2) is 53.4 Å². The molecule has 2 rings (SSSR count). The number of hydrogen-bond donors (Lipinski definition) is 1. The van der Waals surface area contributed by atoms with E-state index in [4.69, 9.17) is 21.5 Å². The van der Waals surface area contributed by atoms with Crippen LogP contribution < -0.4 is 5.14 Å². The molecule has 2 aromatic rings. The fourth-order valence-corrected chi connectivity index (χ4v) is 3.08. The van der Waals surface area contributed by atoms with Crippen LogP contribution in [-0.2, 0) is 24.3 Å². The molecule has 7 nitrogen and oxygen atoms in total. The van der Waals surface area contributed by atoms with E-state index in [9.17, 15) is 18.0 Å². The Hall–Kier alpha value is -2.42. The van der Waals surface area contributed by atoms with E-state index in [-0.39, 0.29) is 10.6 Å². The van der Waals surface area contributed by atoms with Crippen molar-refractivity contribution in [3.8, 4) is 0 Å². The third-order valence-electron chi connectivity index (χ3n) is 3.22. The zero-order chi connectivity index (χ0) is 18.6. The molecule has 0 bridgehead atoms. The number of ether oxygens (including phenoxy) is 2. The van der Waals surface area contributed by atoms with E-state index in [2.05, 4.69) is 4.74 Å². The summed E-state index contributed by atoms with van der Waals surface area (Å²) in [5, 5.41) is 4.92. The summed E-state index contributed by atoms with van der Waals surface area (Å²) in [5.74, 6) is -1.71. The molecule has 0 saturated carbocycles. The van der Waals surface area contributed by atoms with E-state index >= 15 is 0 Å². The van der Waals surface area contributed by atoms with Crippen molar-refractivity contribution >= 4 is 33.6 Å². The Kier molecular flexibility index (Phi) is 5.78. The Morgan fingerprint density at radius 2 is 1.76 bits per heavy atom. The van der Waals surface area contributed by atoms with Crippen LogP contribution in [0.4, 0.5) is 0 Å². The van der Waals surface area contributed by atoms with Gasteiger partial charge in [0, 0.05) is 5.56 Å². The van der Waals surface area contributed by atoms with Gasteiger partial charge in [0.05, 0.1) is 17.7 Å². The van der Waals surface area contributed by atoms with E-state index in [1.54, 1.807) is 30.3 Å². The largest absolute Gasteiger partial charge is 0.466 e. The van der Waals surface area contributed by atoms with Crippen LogP contribution >= 0.6 is 11.6 Å². The maximum Gasteiger partial charge on any atom is 0.351 e. The first-order valence-corrected chi connectivity index (χ1v) is 8.82. The third kappa shape index (κ3) is 4.56. The van der Waals surface area contributed by atoms with Crippen LogP contribution in [0, 0.1) is 0 Å². The Labute approximate surface area is 149 Å². The maximum atomic E-state index is 12.3. The molecule has 1 atom stereocenters. The average Bonchev–Trinajstić information content (AvgIpc) is 2.59. The van der Waals surface area contributed by atoms with Gasteiger partial charge in [-0.25, -0.2) is 23.1 Å². The Morgan fingerprint density at radius 3 is 2.32 bits per heavy atom. The molecule has 0 amide bonds. The summed E-state index contributed by atoms with van der Waals surface area (Å²) in [4.78, 5) is 23.8. The second kappa shape index (κ2) is 7.64. The summed E-state index contributed by atoms with van der Waals surface area (Å²) in [6, 6.07) is 11.7. The molecule has 2 N–H and O–H groups in total. The molecule has 0 radical (unpaired) electrons. The Morgan fingerprint density at radius 1 is 1.12 bits per heavy atom. The molecule has 0 aromatic heterocycles.